The molecule has 0 saturated carbocycles. The third-order valence-electron chi connectivity index (χ3n) is 5.39. The average Bonchev–Trinajstić information content (AvgIpc) is 3.50. The predicted octanol–water partition coefficient (Wildman–Crippen LogP) is 5.12. The van der Waals surface area contributed by atoms with Gasteiger partial charge < -0.3 is 14.6 Å². The van der Waals surface area contributed by atoms with Crippen LogP contribution in [0.4, 0.5) is 5.00 Å². The van der Waals surface area contributed by atoms with Gasteiger partial charge in [-0.15, -0.1) is 32.9 Å². The van der Waals surface area contributed by atoms with Crippen LogP contribution in [-0.4, -0.2) is 39.5 Å². The van der Waals surface area contributed by atoms with Crippen molar-refractivity contribution in [2.75, 3.05) is 18.2 Å². The van der Waals surface area contributed by atoms with Crippen LogP contribution in [0, 0.1) is 5.92 Å². The Bertz CT molecular complexity index is 1100. The summed E-state index contributed by atoms with van der Waals surface area (Å²) in [6.45, 7) is 5.10. The number of carbonyl (C=O) groups is 2. The van der Waals surface area contributed by atoms with E-state index in [0.29, 0.717) is 16.5 Å². The lowest BCUT2D eigenvalue weighted by Gasteiger charge is -2.18. The first-order valence-corrected chi connectivity index (χ1v) is 13.3. The minimum absolute atomic E-state index is 0.171. The molecule has 0 bridgehead atoms. The summed E-state index contributed by atoms with van der Waals surface area (Å²) >= 11 is 4.48. The molecule has 32 heavy (non-hydrogen) atoms. The number of amides is 1. The number of fused-ring (bicyclic) bond motifs is 1. The summed E-state index contributed by atoms with van der Waals surface area (Å²) in [4.78, 5) is 27.5. The fourth-order valence-electron chi connectivity index (χ4n) is 3.86. The van der Waals surface area contributed by atoms with Crippen LogP contribution in [0.1, 0.15) is 47.5 Å². The Morgan fingerprint density at radius 2 is 2.22 bits per heavy atom. The molecular formula is C22H26N4O3S3. The maximum absolute atomic E-state index is 12.8. The van der Waals surface area contributed by atoms with Crippen LogP contribution in [0.3, 0.4) is 0 Å². The molecule has 3 aromatic rings. The summed E-state index contributed by atoms with van der Waals surface area (Å²) in [5.41, 5.74) is 1.55. The van der Waals surface area contributed by atoms with Gasteiger partial charge in [0, 0.05) is 11.4 Å². The quantitative estimate of drug-likeness (QED) is 0.348. The van der Waals surface area contributed by atoms with Crippen LogP contribution in [0.25, 0.3) is 10.7 Å². The first-order chi connectivity index (χ1) is 15.5. The van der Waals surface area contributed by atoms with Crippen molar-refractivity contribution in [3.8, 4) is 10.7 Å². The van der Waals surface area contributed by atoms with Gasteiger partial charge in [0.25, 0.3) is 0 Å². The Morgan fingerprint density at radius 1 is 1.38 bits per heavy atom. The fraction of sp³-hybridized carbons (Fsp3) is 0.455. The lowest BCUT2D eigenvalue weighted by Crippen LogP contribution is -2.17. The zero-order valence-electron chi connectivity index (χ0n) is 18.3. The number of anilines is 1. The Morgan fingerprint density at radius 3 is 2.94 bits per heavy atom. The van der Waals surface area contributed by atoms with E-state index < -0.39 is 0 Å². The molecule has 1 aliphatic rings. The molecular weight excluding hydrogens is 464 g/mol. The number of nitrogens with zero attached hydrogens (tertiary/aromatic N) is 3. The third-order valence-corrected chi connectivity index (χ3v) is 8.39. The van der Waals surface area contributed by atoms with E-state index in [4.69, 9.17) is 4.74 Å². The SMILES string of the molecule is CCCn1c(SCC(=O)Nc2sc3c(c2C(=O)OC)CCC(C)C3)nnc1-c1cccs1. The molecule has 0 fully saturated rings. The monoisotopic (exact) mass is 490 g/mol. The Balaban J connectivity index is 1.49. The molecule has 4 rings (SSSR count). The van der Waals surface area contributed by atoms with E-state index in [1.807, 2.05) is 17.5 Å². The maximum atomic E-state index is 12.8. The van der Waals surface area contributed by atoms with Crippen molar-refractivity contribution in [2.24, 2.45) is 5.92 Å². The van der Waals surface area contributed by atoms with Crippen molar-refractivity contribution < 1.29 is 14.3 Å². The van der Waals surface area contributed by atoms with Crippen molar-refractivity contribution in [1.82, 2.24) is 14.8 Å². The molecule has 170 valence electrons. The predicted molar refractivity (Wildman–Crippen MR) is 130 cm³/mol. The highest BCUT2D eigenvalue weighted by Crippen LogP contribution is 2.40. The van der Waals surface area contributed by atoms with Crippen LogP contribution < -0.4 is 5.32 Å². The topological polar surface area (TPSA) is 86.1 Å². The first kappa shape index (κ1) is 23.0. The molecule has 0 aromatic carbocycles. The normalized spacial score (nSPS) is 15.4. The molecule has 1 atom stereocenters. The summed E-state index contributed by atoms with van der Waals surface area (Å²) in [6.07, 6.45) is 3.75. The highest BCUT2D eigenvalue weighted by Gasteiger charge is 2.29. The minimum atomic E-state index is -0.386. The van der Waals surface area contributed by atoms with Gasteiger partial charge in [-0.3, -0.25) is 4.79 Å². The van der Waals surface area contributed by atoms with Gasteiger partial charge in [0.05, 0.1) is 23.3 Å². The number of nitrogens with one attached hydrogen (secondary N) is 1. The van der Waals surface area contributed by atoms with Gasteiger partial charge >= 0.3 is 5.97 Å². The highest BCUT2D eigenvalue weighted by molar-refractivity contribution is 7.99. The van der Waals surface area contributed by atoms with Crippen molar-refractivity contribution in [3.63, 3.8) is 0 Å². The van der Waals surface area contributed by atoms with Gasteiger partial charge in [-0.05, 0) is 48.6 Å². The molecule has 3 aromatic heterocycles. The van der Waals surface area contributed by atoms with Gasteiger partial charge in [0.1, 0.15) is 5.00 Å². The van der Waals surface area contributed by atoms with Crippen LogP contribution in [0.15, 0.2) is 22.7 Å². The summed E-state index contributed by atoms with van der Waals surface area (Å²) in [6, 6.07) is 4.02. The number of rotatable bonds is 8. The number of thiophene rings is 2. The summed E-state index contributed by atoms with van der Waals surface area (Å²) < 4.78 is 7.07. The number of carbonyl (C=O) groups excluding carboxylic acids is 2. The van der Waals surface area contributed by atoms with E-state index in [9.17, 15) is 9.59 Å². The number of esters is 1. The van der Waals surface area contributed by atoms with Crippen molar-refractivity contribution in [1.29, 1.82) is 0 Å². The van der Waals surface area contributed by atoms with E-state index >= 15 is 0 Å². The van der Waals surface area contributed by atoms with Crippen LogP contribution >= 0.6 is 34.4 Å². The second-order valence-corrected chi connectivity index (χ2v) is 10.8. The smallest absolute Gasteiger partial charge is 0.341 e. The van der Waals surface area contributed by atoms with Gasteiger partial charge in [-0.25, -0.2) is 4.79 Å². The zero-order valence-corrected chi connectivity index (χ0v) is 20.8. The molecule has 0 spiro atoms. The Hall–Kier alpha value is -2.17. The van der Waals surface area contributed by atoms with Gasteiger partial charge in [-0.2, -0.15) is 0 Å². The van der Waals surface area contributed by atoms with Crippen LogP contribution in [-0.2, 0) is 28.9 Å². The van der Waals surface area contributed by atoms with Gasteiger partial charge in [0.15, 0.2) is 11.0 Å². The van der Waals surface area contributed by atoms with Gasteiger partial charge in [0.2, 0.25) is 5.91 Å². The number of ether oxygens (including phenoxy) is 1. The van der Waals surface area contributed by atoms with E-state index in [-0.39, 0.29) is 17.6 Å². The first-order valence-electron chi connectivity index (χ1n) is 10.6. The third kappa shape index (κ3) is 4.77. The van der Waals surface area contributed by atoms with E-state index in [1.54, 1.807) is 11.3 Å². The summed E-state index contributed by atoms with van der Waals surface area (Å²) in [5, 5.41) is 15.0. The number of methoxy groups -OCH3 is 1. The fourth-order valence-corrected chi connectivity index (χ4v) is 6.76. The second-order valence-electron chi connectivity index (χ2n) is 7.82. The van der Waals surface area contributed by atoms with E-state index in [1.165, 1.54) is 35.1 Å². The standard InChI is InChI=1S/C22H26N4O3S3/c1-4-9-26-19(15-6-5-10-30-15)24-25-22(26)31-12-17(27)23-20-18(21(28)29-3)14-8-7-13(2)11-16(14)32-20/h5-6,10,13H,4,7-9,11-12H2,1-3H3,(H,23,27). The average molecular weight is 491 g/mol. The molecule has 1 unspecified atom stereocenters. The highest BCUT2D eigenvalue weighted by atomic mass is 32.2. The maximum Gasteiger partial charge on any atom is 0.341 e. The number of thioether (sulfide) groups is 1. The van der Waals surface area contributed by atoms with Crippen LogP contribution in [0.2, 0.25) is 0 Å². The molecule has 0 saturated heterocycles. The van der Waals surface area contributed by atoms with Crippen molar-refractivity contribution >= 4 is 51.3 Å². The summed E-state index contributed by atoms with van der Waals surface area (Å²) in [5.74, 6) is 1.04. The number of hydrogen-bond acceptors (Lipinski definition) is 8. The van der Waals surface area contributed by atoms with Gasteiger partial charge in [-0.1, -0.05) is 31.7 Å². The molecule has 0 radical (unpaired) electrons. The molecule has 1 amide bonds. The van der Waals surface area contributed by atoms with E-state index in [0.717, 1.165) is 53.6 Å². The zero-order chi connectivity index (χ0) is 22.7. The Kier molecular flexibility index (Phi) is 7.32. The molecule has 1 aliphatic carbocycles. The lowest BCUT2D eigenvalue weighted by atomic mass is 9.88. The second kappa shape index (κ2) is 10.2. The number of hydrogen-bond donors (Lipinski definition) is 1. The van der Waals surface area contributed by atoms with Crippen molar-refractivity contribution in [2.45, 2.75) is 51.2 Å². The molecule has 3 heterocycles. The van der Waals surface area contributed by atoms with Crippen LogP contribution in [0.5, 0.6) is 0 Å². The lowest BCUT2D eigenvalue weighted by molar-refractivity contribution is -0.113. The Labute approximate surface area is 199 Å². The molecule has 1 N–H and O–H groups in total. The molecule has 0 aliphatic heterocycles. The van der Waals surface area contributed by atoms with Crippen molar-refractivity contribution in [3.05, 3.63) is 33.5 Å². The number of aromatic nitrogens is 3. The molecule has 10 heteroatoms. The molecule has 7 nitrogen and oxygen atoms in total. The largest absolute Gasteiger partial charge is 0.465 e. The summed E-state index contributed by atoms with van der Waals surface area (Å²) in [7, 11) is 1.38. The minimum Gasteiger partial charge on any atom is -0.465 e. The van der Waals surface area contributed by atoms with E-state index in [2.05, 4.69) is 33.9 Å².